The molecule has 4 nitrogen and oxygen atoms in total. The summed E-state index contributed by atoms with van der Waals surface area (Å²) >= 11 is 6.12. The number of aromatic nitrogens is 2. The van der Waals surface area contributed by atoms with Gasteiger partial charge in [0.2, 0.25) is 0 Å². The molecule has 0 radical (unpaired) electrons. The first-order valence-corrected chi connectivity index (χ1v) is 8.35. The lowest BCUT2D eigenvalue weighted by atomic mass is 10.1. The number of alkyl halides is 3. The van der Waals surface area contributed by atoms with Gasteiger partial charge in [-0.05, 0) is 43.7 Å². The summed E-state index contributed by atoms with van der Waals surface area (Å²) in [7, 11) is 0. The fourth-order valence-corrected chi connectivity index (χ4v) is 2.95. The van der Waals surface area contributed by atoms with E-state index in [0.29, 0.717) is 16.4 Å². The quantitative estimate of drug-likeness (QED) is 0.646. The molecule has 0 fully saturated rings. The first-order chi connectivity index (χ1) is 12.7. The van der Waals surface area contributed by atoms with Gasteiger partial charge in [0.05, 0.1) is 39.4 Å². The van der Waals surface area contributed by atoms with Crippen LogP contribution in [0.2, 0.25) is 5.02 Å². The van der Waals surface area contributed by atoms with Crippen molar-refractivity contribution in [3.05, 3.63) is 76.1 Å². The average molecular weight is 394 g/mol. The van der Waals surface area contributed by atoms with Crippen LogP contribution in [0.1, 0.15) is 27.2 Å². The molecule has 3 rings (SSSR count). The second kappa shape index (κ2) is 7.08. The van der Waals surface area contributed by atoms with Gasteiger partial charge in [0.25, 0.3) is 5.91 Å². The smallest absolute Gasteiger partial charge is 0.320 e. The van der Waals surface area contributed by atoms with Gasteiger partial charge in [-0.2, -0.15) is 18.3 Å². The second-order valence-corrected chi connectivity index (χ2v) is 6.40. The number of hydrogen-bond donors (Lipinski definition) is 1. The molecule has 0 aliphatic heterocycles. The molecule has 3 aromatic rings. The first-order valence-electron chi connectivity index (χ1n) is 7.97. The van der Waals surface area contributed by atoms with Crippen molar-refractivity contribution in [2.45, 2.75) is 20.0 Å². The van der Waals surface area contributed by atoms with Gasteiger partial charge in [-0.15, -0.1) is 0 Å². The highest BCUT2D eigenvalue weighted by Gasteiger charge is 2.30. The fraction of sp³-hybridized carbons (Fsp3) is 0.158. The highest BCUT2D eigenvalue weighted by atomic mass is 35.5. The number of aryl methyl sites for hydroxylation is 1. The Bertz CT molecular complexity index is 991. The minimum absolute atomic E-state index is 0.218. The van der Waals surface area contributed by atoms with Gasteiger partial charge in [-0.3, -0.25) is 4.79 Å². The Labute approximate surface area is 158 Å². The molecule has 1 aromatic heterocycles. The van der Waals surface area contributed by atoms with E-state index in [-0.39, 0.29) is 11.3 Å². The first kappa shape index (κ1) is 19.0. The molecule has 0 unspecified atom stereocenters. The third kappa shape index (κ3) is 3.83. The number of carbonyl (C=O) groups excluding carboxylic acids is 1. The van der Waals surface area contributed by atoms with Crippen molar-refractivity contribution < 1.29 is 18.0 Å². The minimum atomic E-state index is -4.46. The number of halogens is 4. The molecular weight excluding hydrogens is 379 g/mol. The standard InChI is InChI=1S/C19H15ClF3N3O/c1-11-5-3-8-16(20)17(11)25-18(27)15-10-24-26(12(15)2)14-7-4-6-13(9-14)19(21,22)23/h3-10H,1-2H3,(H,25,27). The molecular formula is C19H15ClF3N3O. The maximum atomic E-state index is 12.9. The van der Waals surface area contributed by atoms with Gasteiger partial charge < -0.3 is 5.32 Å². The minimum Gasteiger partial charge on any atom is -0.320 e. The van der Waals surface area contributed by atoms with Crippen LogP contribution in [0, 0.1) is 13.8 Å². The third-order valence-corrected chi connectivity index (χ3v) is 4.45. The van der Waals surface area contributed by atoms with E-state index < -0.39 is 17.6 Å². The SMILES string of the molecule is Cc1cccc(Cl)c1NC(=O)c1cnn(-c2cccc(C(F)(F)F)c2)c1C. The van der Waals surface area contributed by atoms with Crippen LogP contribution < -0.4 is 5.32 Å². The zero-order valence-electron chi connectivity index (χ0n) is 14.4. The van der Waals surface area contributed by atoms with Gasteiger partial charge in [-0.25, -0.2) is 4.68 Å². The largest absolute Gasteiger partial charge is 0.416 e. The van der Waals surface area contributed by atoms with Crippen molar-refractivity contribution in [1.29, 1.82) is 0 Å². The summed E-state index contributed by atoms with van der Waals surface area (Å²) in [5, 5.41) is 7.20. The molecule has 0 spiro atoms. The van der Waals surface area contributed by atoms with Crippen LogP contribution in [0.5, 0.6) is 0 Å². The Hall–Kier alpha value is -2.80. The second-order valence-electron chi connectivity index (χ2n) is 5.99. The van der Waals surface area contributed by atoms with E-state index in [9.17, 15) is 18.0 Å². The van der Waals surface area contributed by atoms with Crippen LogP contribution in [0.3, 0.4) is 0 Å². The van der Waals surface area contributed by atoms with Gasteiger partial charge in [0.15, 0.2) is 0 Å². The summed E-state index contributed by atoms with van der Waals surface area (Å²) in [5.74, 6) is -0.443. The predicted molar refractivity (Wildman–Crippen MR) is 97.4 cm³/mol. The predicted octanol–water partition coefficient (Wildman–Crippen LogP) is 5.41. The number of nitrogens with zero attached hydrogens (tertiary/aromatic N) is 2. The Morgan fingerprint density at radius 1 is 1.15 bits per heavy atom. The van der Waals surface area contributed by atoms with Crippen LogP contribution >= 0.6 is 11.6 Å². The molecule has 1 amide bonds. The molecule has 27 heavy (non-hydrogen) atoms. The van der Waals surface area contributed by atoms with Crippen LogP contribution in [0.15, 0.2) is 48.7 Å². The highest BCUT2D eigenvalue weighted by Crippen LogP contribution is 2.31. The Balaban J connectivity index is 1.93. The molecule has 0 bridgehead atoms. The van der Waals surface area contributed by atoms with Crippen molar-refractivity contribution >= 4 is 23.2 Å². The molecule has 0 atom stereocenters. The lowest BCUT2D eigenvalue weighted by Gasteiger charge is -2.11. The number of nitrogens with one attached hydrogen (secondary N) is 1. The van der Waals surface area contributed by atoms with Gasteiger partial charge >= 0.3 is 6.18 Å². The van der Waals surface area contributed by atoms with E-state index in [2.05, 4.69) is 10.4 Å². The molecule has 0 saturated carbocycles. The van der Waals surface area contributed by atoms with Gasteiger partial charge in [-0.1, -0.05) is 29.8 Å². The van der Waals surface area contributed by atoms with E-state index in [4.69, 9.17) is 11.6 Å². The number of hydrogen-bond acceptors (Lipinski definition) is 2. The van der Waals surface area contributed by atoms with E-state index in [1.807, 2.05) is 0 Å². The zero-order valence-corrected chi connectivity index (χ0v) is 15.2. The molecule has 0 aliphatic carbocycles. The summed E-state index contributed by atoms with van der Waals surface area (Å²) in [6.45, 7) is 3.42. The lowest BCUT2D eigenvalue weighted by Crippen LogP contribution is -2.14. The normalized spacial score (nSPS) is 11.5. The molecule has 2 aromatic carbocycles. The summed E-state index contributed by atoms with van der Waals surface area (Å²) in [6.07, 6.45) is -3.14. The maximum Gasteiger partial charge on any atom is 0.416 e. The zero-order chi connectivity index (χ0) is 19.8. The molecule has 8 heteroatoms. The van der Waals surface area contributed by atoms with Crippen molar-refractivity contribution in [2.24, 2.45) is 0 Å². The van der Waals surface area contributed by atoms with Crippen LogP contribution in [-0.4, -0.2) is 15.7 Å². The molecule has 0 aliphatic rings. The Kier molecular flexibility index (Phi) is 4.97. The fourth-order valence-electron chi connectivity index (χ4n) is 2.68. The maximum absolute atomic E-state index is 12.9. The monoisotopic (exact) mass is 393 g/mol. The molecule has 140 valence electrons. The number of rotatable bonds is 3. The number of para-hydroxylation sites is 1. The third-order valence-electron chi connectivity index (χ3n) is 4.13. The molecule has 1 N–H and O–H groups in total. The van der Waals surface area contributed by atoms with E-state index in [1.165, 1.54) is 23.0 Å². The Morgan fingerprint density at radius 3 is 2.52 bits per heavy atom. The number of anilines is 1. The number of benzene rings is 2. The summed E-state index contributed by atoms with van der Waals surface area (Å²) in [5.41, 5.74) is 1.36. The number of amides is 1. The van der Waals surface area contributed by atoms with E-state index in [1.54, 1.807) is 32.0 Å². The van der Waals surface area contributed by atoms with Crippen molar-refractivity contribution in [3.63, 3.8) is 0 Å². The molecule has 1 heterocycles. The van der Waals surface area contributed by atoms with Crippen molar-refractivity contribution in [2.75, 3.05) is 5.32 Å². The highest BCUT2D eigenvalue weighted by molar-refractivity contribution is 6.34. The Morgan fingerprint density at radius 2 is 1.85 bits per heavy atom. The van der Waals surface area contributed by atoms with Gasteiger partial charge in [0, 0.05) is 0 Å². The van der Waals surface area contributed by atoms with Crippen LogP contribution in [0.4, 0.5) is 18.9 Å². The summed E-state index contributed by atoms with van der Waals surface area (Å²) in [6, 6.07) is 9.99. The summed E-state index contributed by atoms with van der Waals surface area (Å²) in [4.78, 5) is 12.6. The summed E-state index contributed by atoms with van der Waals surface area (Å²) < 4.78 is 40.1. The average Bonchev–Trinajstić information content (AvgIpc) is 2.99. The van der Waals surface area contributed by atoms with Crippen LogP contribution in [0.25, 0.3) is 5.69 Å². The number of carbonyl (C=O) groups is 1. The van der Waals surface area contributed by atoms with Crippen molar-refractivity contribution in [1.82, 2.24) is 9.78 Å². The van der Waals surface area contributed by atoms with E-state index >= 15 is 0 Å². The lowest BCUT2D eigenvalue weighted by molar-refractivity contribution is -0.137. The van der Waals surface area contributed by atoms with Gasteiger partial charge in [0.1, 0.15) is 0 Å². The van der Waals surface area contributed by atoms with Crippen LogP contribution in [-0.2, 0) is 6.18 Å². The van der Waals surface area contributed by atoms with Crippen molar-refractivity contribution in [3.8, 4) is 5.69 Å². The molecule has 0 saturated heterocycles. The van der Waals surface area contributed by atoms with E-state index in [0.717, 1.165) is 17.7 Å². The topological polar surface area (TPSA) is 46.9 Å².